The number of ether oxygens (including phenoxy) is 1. The molecule has 0 fully saturated rings. The summed E-state index contributed by atoms with van der Waals surface area (Å²) in [5, 5.41) is 8.72. The second-order valence-electron chi connectivity index (χ2n) is 3.56. The molecule has 1 N–H and O–H groups in total. The lowest BCUT2D eigenvalue weighted by Crippen LogP contribution is -2.11. The molecule has 2 unspecified atom stereocenters. The fourth-order valence-corrected chi connectivity index (χ4v) is 1.33. The van der Waals surface area contributed by atoms with Crippen molar-refractivity contribution in [1.29, 1.82) is 0 Å². The van der Waals surface area contributed by atoms with Gasteiger partial charge in [-0.1, -0.05) is 6.92 Å². The van der Waals surface area contributed by atoms with Crippen LogP contribution in [0.1, 0.15) is 17.3 Å². The van der Waals surface area contributed by atoms with Crippen molar-refractivity contribution in [3.63, 3.8) is 0 Å². The van der Waals surface area contributed by atoms with Crippen molar-refractivity contribution in [3.8, 4) is 5.75 Å². The Morgan fingerprint density at radius 1 is 1.56 bits per heavy atom. The molecule has 0 radical (unpaired) electrons. The summed E-state index contributed by atoms with van der Waals surface area (Å²) in [6.45, 7) is 2.74. The largest absolute Gasteiger partial charge is 0.494 e. The maximum absolute atomic E-state index is 10.6. The van der Waals surface area contributed by atoms with E-state index in [4.69, 9.17) is 9.84 Å². The second kappa shape index (κ2) is 6.45. The molecular weight excluding hydrogens is 337 g/mol. The zero-order valence-corrected chi connectivity index (χ0v) is 12.2. The maximum Gasteiger partial charge on any atom is 0.335 e. The molecule has 0 saturated heterocycles. The van der Waals surface area contributed by atoms with Crippen molar-refractivity contribution < 1.29 is 14.6 Å². The van der Waals surface area contributed by atoms with Gasteiger partial charge >= 0.3 is 5.97 Å². The highest BCUT2D eigenvalue weighted by molar-refractivity contribution is 14.1. The van der Waals surface area contributed by atoms with Crippen LogP contribution in [-0.2, 0) is 0 Å². The van der Waals surface area contributed by atoms with Gasteiger partial charge in [-0.3, -0.25) is 0 Å². The van der Waals surface area contributed by atoms with Crippen LogP contribution in [0.4, 0.5) is 0 Å². The third-order valence-electron chi connectivity index (χ3n) is 2.16. The molecule has 0 saturated carbocycles. The zero-order chi connectivity index (χ0) is 12.1. The summed E-state index contributed by atoms with van der Waals surface area (Å²) in [5.41, 5.74) is 0.276. The summed E-state index contributed by atoms with van der Waals surface area (Å²) >= 11 is 2.33. The molecule has 3 nitrogen and oxygen atoms in total. The minimum Gasteiger partial charge on any atom is -0.494 e. The van der Waals surface area contributed by atoms with E-state index < -0.39 is 5.97 Å². The van der Waals surface area contributed by atoms with Crippen LogP contribution in [0.3, 0.4) is 0 Å². The van der Waals surface area contributed by atoms with Crippen LogP contribution in [0.15, 0.2) is 24.3 Å². The summed E-state index contributed by atoms with van der Waals surface area (Å²) in [4.78, 5) is 10.6. The Labute approximate surface area is 111 Å². The van der Waals surface area contributed by atoms with Gasteiger partial charge in [0.1, 0.15) is 5.75 Å². The highest BCUT2D eigenvalue weighted by atomic mass is 127. The molecule has 0 heterocycles. The Morgan fingerprint density at radius 2 is 2.12 bits per heavy atom. The van der Waals surface area contributed by atoms with E-state index in [9.17, 15) is 4.79 Å². The van der Waals surface area contributed by atoms with Gasteiger partial charge in [0, 0.05) is 0 Å². The molecule has 0 aliphatic heterocycles. The molecule has 1 aromatic rings. The standard InChI is InChI=1S/C10H13BIO3P/c1-7(11(12)16)6-15-9-4-2-8(3-5-9)10(13)14/h2-5,7H,6,16H2,1H3,(H,13,14). The normalized spacial score (nSPS) is 11.9. The van der Waals surface area contributed by atoms with Crippen molar-refractivity contribution >= 4 is 41.8 Å². The van der Waals surface area contributed by atoms with E-state index in [-0.39, 0.29) is 5.56 Å². The van der Waals surface area contributed by atoms with E-state index in [1.807, 2.05) is 0 Å². The van der Waals surface area contributed by atoms with Crippen molar-refractivity contribution in [2.45, 2.75) is 12.7 Å². The third-order valence-corrected chi connectivity index (χ3v) is 4.04. The SMILES string of the molecule is CC(COc1ccc(C(=O)O)cc1)B(P)I. The van der Waals surface area contributed by atoms with Gasteiger partial charge in [-0.05, 0) is 30.1 Å². The van der Waals surface area contributed by atoms with Crippen LogP contribution < -0.4 is 4.74 Å². The number of halogens is 1. The van der Waals surface area contributed by atoms with Crippen molar-refractivity contribution in [1.82, 2.24) is 0 Å². The number of hydrogen-bond donors (Lipinski definition) is 1. The zero-order valence-electron chi connectivity index (χ0n) is 8.89. The molecule has 2 atom stereocenters. The van der Waals surface area contributed by atoms with E-state index in [1.54, 1.807) is 24.3 Å². The monoisotopic (exact) mass is 350 g/mol. The molecule has 0 spiro atoms. The van der Waals surface area contributed by atoms with Gasteiger partial charge in [0.15, 0.2) is 0 Å². The highest BCUT2D eigenvalue weighted by Crippen LogP contribution is 2.22. The fourth-order valence-electron chi connectivity index (χ4n) is 1.01. The minimum absolute atomic E-state index is 0.276. The maximum atomic E-state index is 10.6. The number of hydrogen-bond acceptors (Lipinski definition) is 2. The minimum atomic E-state index is -0.919. The first kappa shape index (κ1) is 13.8. The van der Waals surface area contributed by atoms with Crippen molar-refractivity contribution in [2.24, 2.45) is 0 Å². The van der Waals surface area contributed by atoms with Gasteiger partial charge in [0.25, 0.3) is 0 Å². The first-order valence-corrected chi connectivity index (χ1v) is 6.77. The molecule has 16 heavy (non-hydrogen) atoms. The Morgan fingerprint density at radius 3 is 2.56 bits per heavy atom. The smallest absolute Gasteiger partial charge is 0.335 e. The first-order chi connectivity index (χ1) is 7.50. The predicted octanol–water partition coefficient (Wildman–Crippen LogP) is 2.95. The molecule has 86 valence electrons. The lowest BCUT2D eigenvalue weighted by molar-refractivity contribution is 0.0697. The van der Waals surface area contributed by atoms with Crippen molar-refractivity contribution in [3.05, 3.63) is 29.8 Å². The van der Waals surface area contributed by atoms with E-state index in [1.165, 1.54) is 0 Å². The molecule has 6 heteroatoms. The van der Waals surface area contributed by atoms with Crippen LogP contribution in [0, 0.1) is 0 Å². The summed E-state index contributed by atoms with van der Waals surface area (Å²) in [6.07, 6.45) is 0. The molecule has 0 aliphatic rings. The lowest BCUT2D eigenvalue weighted by Gasteiger charge is -2.13. The van der Waals surface area contributed by atoms with Crippen LogP contribution in [-0.4, -0.2) is 22.0 Å². The van der Waals surface area contributed by atoms with Crippen molar-refractivity contribution in [2.75, 3.05) is 6.61 Å². The van der Waals surface area contributed by atoms with Crippen LogP contribution >= 0.6 is 31.5 Å². The average Bonchev–Trinajstić information content (AvgIpc) is 2.26. The van der Waals surface area contributed by atoms with E-state index in [0.717, 1.165) is 0 Å². The Bertz CT molecular complexity index is 356. The number of rotatable bonds is 5. The molecule has 1 aromatic carbocycles. The molecule has 0 aromatic heterocycles. The summed E-state index contributed by atoms with van der Waals surface area (Å²) < 4.78 is 6.02. The molecular formula is C10H13BIO3P. The Hall–Kier alpha value is -0.285. The van der Waals surface area contributed by atoms with Gasteiger partial charge in [-0.2, -0.15) is 9.12 Å². The van der Waals surface area contributed by atoms with E-state index >= 15 is 0 Å². The van der Waals surface area contributed by atoms with Gasteiger partial charge in [-0.15, -0.1) is 22.4 Å². The number of aromatic carboxylic acids is 1. The highest BCUT2D eigenvalue weighted by Gasteiger charge is 2.13. The molecule has 1 rings (SSSR count). The fraction of sp³-hybridized carbons (Fsp3) is 0.300. The van der Waals surface area contributed by atoms with Crippen LogP contribution in [0.25, 0.3) is 0 Å². The Balaban J connectivity index is 2.53. The lowest BCUT2D eigenvalue weighted by atomic mass is 9.88. The summed E-state index contributed by atoms with van der Waals surface area (Å²) in [7, 11) is 2.73. The number of carboxylic acid groups (broad SMARTS) is 1. The number of benzene rings is 1. The summed E-state index contributed by atoms with van der Waals surface area (Å²) in [5.74, 6) is 0.223. The van der Waals surface area contributed by atoms with Gasteiger partial charge < -0.3 is 9.84 Å². The van der Waals surface area contributed by atoms with Gasteiger partial charge in [-0.25, -0.2) is 4.79 Å². The number of carbonyl (C=O) groups is 1. The predicted molar refractivity (Wildman–Crippen MR) is 77.8 cm³/mol. The third kappa shape index (κ3) is 4.30. The quantitative estimate of drug-likeness (QED) is 0.505. The molecule has 0 bridgehead atoms. The van der Waals surface area contributed by atoms with Crippen LogP contribution in [0.5, 0.6) is 5.75 Å². The van der Waals surface area contributed by atoms with Gasteiger partial charge in [0.05, 0.1) is 12.2 Å². The Kier molecular flexibility index (Phi) is 5.55. The van der Waals surface area contributed by atoms with Crippen LogP contribution in [0.2, 0.25) is 5.82 Å². The molecule has 0 aliphatic carbocycles. The van der Waals surface area contributed by atoms with Gasteiger partial charge in [0.2, 0.25) is 4.29 Å². The topological polar surface area (TPSA) is 46.5 Å². The summed E-state index contributed by atoms with van der Waals surface area (Å²) in [6, 6.07) is 6.46. The number of carboxylic acids is 1. The first-order valence-electron chi connectivity index (χ1n) is 4.86. The second-order valence-corrected chi connectivity index (χ2v) is 7.08. The molecule has 0 amide bonds. The average molecular weight is 350 g/mol. The van der Waals surface area contributed by atoms with E-state index in [2.05, 4.69) is 38.4 Å². The van der Waals surface area contributed by atoms with E-state index in [0.29, 0.717) is 22.5 Å².